The van der Waals surface area contributed by atoms with Gasteiger partial charge in [-0.1, -0.05) is 6.92 Å². The summed E-state index contributed by atoms with van der Waals surface area (Å²) < 4.78 is 2.00. The minimum atomic E-state index is -1.17. The Kier molecular flexibility index (Phi) is 4.61. The van der Waals surface area contributed by atoms with E-state index in [1.54, 1.807) is 18.5 Å². The molecule has 2 N–H and O–H groups in total. The second kappa shape index (κ2) is 7.12. The number of amides is 1. The zero-order valence-electron chi connectivity index (χ0n) is 16.7. The van der Waals surface area contributed by atoms with Crippen molar-refractivity contribution in [1.82, 2.24) is 29.7 Å². The fourth-order valence-electron chi connectivity index (χ4n) is 3.80. The number of fused-ring (bicyclic) bond motifs is 3. The van der Waals surface area contributed by atoms with Gasteiger partial charge in [-0.3, -0.25) is 14.9 Å². The van der Waals surface area contributed by atoms with E-state index in [4.69, 9.17) is 10.1 Å². The lowest BCUT2D eigenvalue weighted by Gasteiger charge is -2.39. The molecule has 1 aliphatic rings. The van der Waals surface area contributed by atoms with E-state index in [0.717, 1.165) is 29.6 Å². The molecule has 3 aromatic heterocycles. The number of hydrogen-bond acceptors (Lipinski definition) is 7. The van der Waals surface area contributed by atoms with Crippen LogP contribution in [0.5, 0.6) is 0 Å². The molecule has 10 heteroatoms. The molecule has 0 bridgehead atoms. The maximum atomic E-state index is 11.1. The van der Waals surface area contributed by atoms with Crippen LogP contribution in [0.3, 0.4) is 0 Å². The number of rotatable bonds is 4. The molecule has 10 nitrogen and oxygen atoms in total. The number of nitrogens with one attached hydrogen (secondary N) is 1. The molecule has 0 spiro atoms. The summed E-state index contributed by atoms with van der Waals surface area (Å²) in [4.78, 5) is 26.7. The summed E-state index contributed by atoms with van der Waals surface area (Å²) in [6, 6.07) is 1.89. The van der Waals surface area contributed by atoms with Crippen molar-refractivity contribution in [3.63, 3.8) is 0 Å². The fourth-order valence-corrected chi connectivity index (χ4v) is 3.80. The van der Waals surface area contributed by atoms with Crippen molar-refractivity contribution in [2.45, 2.75) is 46.2 Å². The lowest BCUT2D eigenvalue weighted by Crippen LogP contribution is -2.40. The number of aryl methyl sites for hydroxylation is 1. The van der Waals surface area contributed by atoms with E-state index in [2.05, 4.69) is 51.2 Å². The largest absolute Gasteiger partial charge is 0.465 e. The van der Waals surface area contributed by atoms with Gasteiger partial charge in [0.25, 0.3) is 0 Å². The van der Waals surface area contributed by atoms with Crippen LogP contribution in [-0.2, 0) is 0 Å². The van der Waals surface area contributed by atoms with Crippen LogP contribution in [-0.4, -0.2) is 47.0 Å². The Morgan fingerprint density at radius 2 is 2.10 bits per heavy atom. The van der Waals surface area contributed by atoms with Gasteiger partial charge in [-0.15, -0.1) is 10.2 Å². The number of anilines is 2. The van der Waals surface area contributed by atoms with Gasteiger partial charge in [-0.25, -0.2) is 14.8 Å². The van der Waals surface area contributed by atoms with Crippen LogP contribution in [0.1, 0.15) is 44.9 Å². The molecule has 150 valence electrons. The minimum absolute atomic E-state index is 0.0282. The molecule has 3 aromatic rings. The van der Waals surface area contributed by atoms with Crippen molar-refractivity contribution in [2.24, 2.45) is 0 Å². The lowest BCUT2D eigenvalue weighted by molar-refractivity contribution is 0.209. The molecular formula is C19H22N8O2. The van der Waals surface area contributed by atoms with E-state index in [1.807, 2.05) is 11.5 Å². The van der Waals surface area contributed by atoms with Gasteiger partial charge in [0.1, 0.15) is 11.5 Å². The molecule has 29 heavy (non-hydrogen) atoms. The Morgan fingerprint density at radius 1 is 1.31 bits per heavy atom. The fraction of sp³-hybridized carbons (Fsp3) is 0.368. The van der Waals surface area contributed by atoms with Crippen molar-refractivity contribution in [2.75, 3.05) is 10.2 Å². The van der Waals surface area contributed by atoms with E-state index in [1.165, 1.54) is 6.20 Å². The number of carboxylic acid groups (broad SMARTS) is 1. The third-order valence-corrected chi connectivity index (χ3v) is 4.97. The summed E-state index contributed by atoms with van der Waals surface area (Å²) >= 11 is 0. The quantitative estimate of drug-likeness (QED) is 0.692. The standard InChI is InChI=1S/C19H22N8O2/c1-5-14-18-25-24-11(4)27(18)15-9-21-16(23-17(15)26(14)10(2)3)12-6-7-20-8-13(12)22-19(28)29/h6-10,14,22H,5H2,1-4H3,(H,28,29). The number of nitrogens with zero attached hydrogens (tertiary/aromatic N) is 7. The summed E-state index contributed by atoms with van der Waals surface area (Å²) in [5, 5.41) is 20.1. The highest BCUT2D eigenvalue weighted by molar-refractivity contribution is 5.89. The van der Waals surface area contributed by atoms with Crippen LogP contribution in [0, 0.1) is 6.92 Å². The van der Waals surface area contributed by atoms with Crippen LogP contribution in [0.4, 0.5) is 16.3 Å². The second-order valence-corrected chi connectivity index (χ2v) is 7.12. The molecule has 0 saturated carbocycles. The molecule has 1 unspecified atom stereocenters. The first-order valence-electron chi connectivity index (χ1n) is 9.44. The van der Waals surface area contributed by atoms with Crippen molar-refractivity contribution < 1.29 is 9.90 Å². The van der Waals surface area contributed by atoms with E-state index >= 15 is 0 Å². The predicted octanol–water partition coefficient (Wildman–Crippen LogP) is 3.20. The first-order chi connectivity index (χ1) is 13.9. The van der Waals surface area contributed by atoms with Gasteiger partial charge in [-0.2, -0.15) is 0 Å². The van der Waals surface area contributed by atoms with Crippen LogP contribution in [0.2, 0.25) is 0 Å². The molecule has 1 atom stereocenters. The molecule has 4 rings (SSSR count). The van der Waals surface area contributed by atoms with Gasteiger partial charge < -0.3 is 10.0 Å². The van der Waals surface area contributed by atoms with Gasteiger partial charge in [-0.05, 0) is 33.3 Å². The summed E-state index contributed by atoms with van der Waals surface area (Å²) in [6.45, 7) is 8.23. The van der Waals surface area contributed by atoms with Crippen LogP contribution >= 0.6 is 0 Å². The monoisotopic (exact) mass is 394 g/mol. The smallest absolute Gasteiger partial charge is 0.409 e. The van der Waals surface area contributed by atoms with Crippen molar-refractivity contribution in [3.05, 3.63) is 36.3 Å². The Bertz CT molecular complexity index is 1080. The first-order valence-corrected chi connectivity index (χ1v) is 9.44. The minimum Gasteiger partial charge on any atom is -0.465 e. The molecule has 0 aliphatic carbocycles. The maximum absolute atomic E-state index is 11.1. The van der Waals surface area contributed by atoms with Crippen molar-refractivity contribution in [1.29, 1.82) is 0 Å². The van der Waals surface area contributed by atoms with E-state index in [-0.39, 0.29) is 12.1 Å². The van der Waals surface area contributed by atoms with Gasteiger partial charge in [0.05, 0.1) is 24.1 Å². The molecule has 1 aliphatic heterocycles. The molecule has 0 radical (unpaired) electrons. The Labute approximate surface area is 167 Å². The number of aromatic nitrogens is 6. The third kappa shape index (κ3) is 3.06. The summed E-state index contributed by atoms with van der Waals surface area (Å²) in [7, 11) is 0. The summed E-state index contributed by atoms with van der Waals surface area (Å²) in [5.41, 5.74) is 1.71. The van der Waals surface area contributed by atoms with Crippen molar-refractivity contribution >= 4 is 17.6 Å². The Morgan fingerprint density at radius 3 is 2.79 bits per heavy atom. The molecular weight excluding hydrogens is 372 g/mol. The van der Waals surface area contributed by atoms with Crippen LogP contribution in [0.15, 0.2) is 24.7 Å². The van der Waals surface area contributed by atoms with Gasteiger partial charge in [0, 0.05) is 17.8 Å². The van der Waals surface area contributed by atoms with Crippen LogP contribution < -0.4 is 10.2 Å². The van der Waals surface area contributed by atoms with Gasteiger partial charge in [0.15, 0.2) is 17.5 Å². The number of hydrogen-bond donors (Lipinski definition) is 2. The van der Waals surface area contributed by atoms with E-state index < -0.39 is 6.09 Å². The van der Waals surface area contributed by atoms with E-state index in [9.17, 15) is 4.79 Å². The van der Waals surface area contributed by atoms with Gasteiger partial charge in [0.2, 0.25) is 0 Å². The third-order valence-electron chi connectivity index (χ3n) is 4.97. The SMILES string of the molecule is CCC1c2nnc(C)n2-c2cnc(-c3ccncc3NC(=O)O)nc2N1C(C)C. The summed E-state index contributed by atoms with van der Waals surface area (Å²) in [5.74, 6) is 2.84. The zero-order valence-corrected chi connectivity index (χ0v) is 16.7. The van der Waals surface area contributed by atoms with Gasteiger partial charge >= 0.3 is 6.09 Å². The average Bonchev–Trinajstić information content (AvgIpc) is 3.08. The second-order valence-electron chi connectivity index (χ2n) is 7.12. The highest BCUT2D eigenvalue weighted by Crippen LogP contribution is 2.40. The Hall–Kier alpha value is -3.56. The summed E-state index contributed by atoms with van der Waals surface area (Å²) in [6.07, 6.45) is 4.45. The Balaban J connectivity index is 1.92. The van der Waals surface area contributed by atoms with Crippen LogP contribution in [0.25, 0.3) is 17.1 Å². The zero-order chi connectivity index (χ0) is 20.7. The molecule has 1 amide bonds. The molecule has 4 heterocycles. The number of carbonyl (C=O) groups is 1. The molecule has 0 aromatic carbocycles. The topological polar surface area (TPSA) is 122 Å². The highest BCUT2D eigenvalue weighted by atomic mass is 16.4. The maximum Gasteiger partial charge on any atom is 0.409 e. The highest BCUT2D eigenvalue weighted by Gasteiger charge is 2.36. The average molecular weight is 394 g/mol. The van der Waals surface area contributed by atoms with Crippen molar-refractivity contribution in [3.8, 4) is 17.1 Å². The molecule has 0 saturated heterocycles. The lowest BCUT2D eigenvalue weighted by atomic mass is 10.1. The number of pyridine rings is 1. The predicted molar refractivity (Wildman–Crippen MR) is 107 cm³/mol. The molecule has 0 fully saturated rings. The first kappa shape index (κ1) is 18.8. The van der Waals surface area contributed by atoms with E-state index in [0.29, 0.717) is 17.1 Å². The normalized spacial score (nSPS) is 15.2.